The van der Waals surface area contributed by atoms with Crippen molar-refractivity contribution in [1.82, 2.24) is 5.32 Å². The maximum Gasteiger partial charge on any atom is 0.0286 e. The van der Waals surface area contributed by atoms with E-state index in [1.165, 1.54) is 21.4 Å². The van der Waals surface area contributed by atoms with Gasteiger partial charge in [0.1, 0.15) is 0 Å². The molecule has 0 saturated heterocycles. The Hall–Kier alpha value is 0.01000. The molecule has 1 aliphatic heterocycles. The Morgan fingerprint density at radius 1 is 1.57 bits per heavy atom. The van der Waals surface area contributed by atoms with E-state index >= 15 is 0 Å². The van der Waals surface area contributed by atoms with Crippen molar-refractivity contribution in [3.05, 3.63) is 28.2 Å². The zero-order valence-electron chi connectivity index (χ0n) is 8.38. The van der Waals surface area contributed by atoms with Gasteiger partial charge in [0.25, 0.3) is 0 Å². The molecule has 0 spiro atoms. The van der Waals surface area contributed by atoms with Gasteiger partial charge in [-0.15, -0.1) is 11.8 Å². The minimum Gasteiger partial charge on any atom is -0.316 e. The molecule has 0 fully saturated rings. The zero-order chi connectivity index (χ0) is 10.1. The van der Waals surface area contributed by atoms with Gasteiger partial charge in [-0.2, -0.15) is 0 Å². The van der Waals surface area contributed by atoms with Crippen molar-refractivity contribution in [3.8, 4) is 0 Å². The first-order valence-corrected chi connectivity index (χ1v) is 6.51. The Kier molecular flexibility index (Phi) is 3.20. The summed E-state index contributed by atoms with van der Waals surface area (Å²) in [6.07, 6.45) is 1.17. The molecule has 1 nitrogen and oxygen atoms in total. The highest BCUT2D eigenvalue weighted by Crippen LogP contribution is 2.41. The van der Waals surface area contributed by atoms with Crippen LogP contribution in [0.4, 0.5) is 0 Å². The third-order valence-electron chi connectivity index (χ3n) is 2.77. The van der Waals surface area contributed by atoms with Crippen LogP contribution in [0.15, 0.2) is 27.6 Å². The average Bonchev–Trinajstić information content (AvgIpc) is 2.62. The zero-order valence-corrected chi connectivity index (χ0v) is 10.8. The molecule has 76 valence electrons. The lowest BCUT2D eigenvalue weighted by molar-refractivity contribution is 0.584. The van der Waals surface area contributed by atoms with Gasteiger partial charge in [0.2, 0.25) is 0 Å². The molecule has 14 heavy (non-hydrogen) atoms. The lowest BCUT2D eigenvalue weighted by atomic mass is 10.1. The van der Waals surface area contributed by atoms with Gasteiger partial charge in [-0.25, -0.2) is 0 Å². The highest BCUT2D eigenvalue weighted by molar-refractivity contribution is 9.10. The van der Waals surface area contributed by atoms with E-state index in [9.17, 15) is 0 Å². The third-order valence-corrected chi connectivity index (χ3v) is 5.03. The fourth-order valence-electron chi connectivity index (χ4n) is 1.72. The monoisotopic (exact) mass is 271 g/mol. The molecular weight excluding hydrogens is 258 g/mol. The summed E-state index contributed by atoms with van der Waals surface area (Å²) in [4.78, 5) is 1.44. The highest BCUT2D eigenvalue weighted by Gasteiger charge is 2.27. The minimum atomic E-state index is 0.569. The lowest BCUT2D eigenvalue weighted by Crippen LogP contribution is -2.32. The van der Waals surface area contributed by atoms with Crippen molar-refractivity contribution in [2.75, 3.05) is 7.05 Å². The summed E-state index contributed by atoms with van der Waals surface area (Å²) in [5.41, 5.74) is 1.48. The summed E-state index contributed by atoms with van der Waals surface area (Å²) in [5, 5.41) is 4.00. The second-order valence-electron chi connectivity index (χ2n) is 3.65. The maximum absolute atomic E-state index is 3.61. The van der Waals surface area contributed by atoms with Crippen LogP contribution in [0.25, 0.3) is 0 Å². The molecule has 0 amide bonds. The van der Waals surface area contributed by atoms with E-state index in [0.29, 0.717) is 11.3 Å². The first-order chi connectivity index (χ1) is 6.72. The molecule has 0 bridgehead atoms. The first kappa shape index (κ1) is 10.5. The van der Waals surface area contributed by atoms with E-state index in [2.05, 4.69) is 46.4 Å². The van der Waals surface area contributed by atoms with Crippen molar-refractivity contribution in [2.45, 2.75) is 29.5 Å². The van der Waals surface area contributed by atoms with Crippen molar-refractivity contribution < 1.29 is 0 Å². The van der Waals surface area contributed by atoms with Gasteiger partial charge in [-0.3, -0.25) is 0 Å². The van der Waals surface area contributed by atoms with Gasteiger partial charge in [0.05, 0.1) is 0 Å². The quantitative estimate of drug-likeness (QED) is 0.888. The molecule has 1 heterocycles. The second kappa shape index (κ2) is 4.25. The smallest absolute Gasteiger partial charge is 0.0286 e. The summed E-state index contributed by atoms with van der Waals surface area (Å²) < 4.78 is 1.26. The molecule has 2 rings (SSSR count). The molecule has 1 aliphatic rings. The van der Waals surface area contributed by atoms with Gasteiger partial charge < -0.3 is 5.32 Å². The summed E-state index contributed by atoms with van der Waals surface area (Å²) in [6, 6.07) is 7.03. The Morgan fingerprint density at radius 2 is 2.36 bits per heavy atom. The molecule has 0 aliphatic carbocycles. The predicted molar refractivity (Wildman–Crippen MR) is 66.0 cm³/mol. The largest absolute Gasteiger partial charge is 0.316 e. The Bertz CT molecular complexity index is 340. The van der Waals surface area contributed by atoms with Gasteiger partial charge in [0.15, 0.2) is 0 Å². The molecule has 1 aromatic rings. The summed E-state index contributed by atoms with van der Waals surface area (Å²) in [7, 11) is 2.03. The molecule has 2 unspecified atom stereocenters. The first-order valence-electron chi connectivity index (χ1n) is 4.83. The van der Waals surface area contributed by atoms with Gasteiger partial charge >= 0.3 is 0 Å². The Balaban J connectivity index is 2.22. The standard InChI is InChI=1S/C11H14BrNS/c1-7(13-2)11-6-8-9(12)4-3-5-10(8)14-11/h3-5,7,11,13H,6H2,1-2H3. The average molecular weight is 272 g/mol. The number of hydrogen-bond acceptors (Lipinski definition) is 2. The van der Waals surface area contributed by atoms with Crippen LogP contribution in [0, 0.1) is 0 Å². The number of hydrogen-bond donors (Lipinski definition) is 1. The van der Waals surface area contributed by atoms with Crippen LogP contribution in [-0.4, -0.2) is 18.3 Å². The van der Waals surface area contributed by atoms with Crippen LogP contribution in [0.2, 0.25) is 0 Å². The molecule has 2 atom stereocenters. The molecular formula is C11H14BrNS. The number of halogens is 1. The van der Waals surface area contributed by atoms with Crippen LogP contribution < -0.4 is 5.32 Å². The number of nitrogens with one attached hydrogen (secondary N) is 1. The second-order valence-corrected chi connectivity index (χ2v) is 5.79. The van der Waals surface area contributed by atoms with E-state index in [0.717, 1.165) is 0 Å². The fraction of sp³-hybridized carbons (Fsp3) is 0.455. The van der Waals surface area contributed by atoms with Gasteiger partial charge in [-0.1, -0.05) is 22.0 Å². The van der Waals surface area contributed by atoms with E-state index in [1.807, 2.05) is 18.8 Å². The topological polar surface area (TPSA) is 12.0 Å². The van der Waals surface area contributed by atoms with E-state index in [1.54, 1.807) is 0 Å². The van der Waals surface area contributed by atoms with Crippen molar-refractivity contribution in [3.63, 3.8) is 0 Å². The lowest BCUT2D eigenvalue weighted by Gasteiger charge is -2.16. The maximum atomic E-state index is 3.61. The summed E-state index contributed by atoms with van der Waals surface area (Å²) in [5.74, 6) is 0. The molecule has 0 aromatic heterocycles. The van der Waals surface area contributed by atoms with Crippen LogP contribution >= 0.6 is 27.7 Å². The Labute approximate surface area is 97.8 Å². The Morgan fingerprint density at radius 3 is 3.00 bits per heavy atom. The van der Waals surface area contributed by atoms with E-state index in [-0.39, 0.29) is 0 Å². The fourth-order valence-corrected chi connectivity index (χ4v) is 3.79. The van der Waals surface area contributed by atoms with Crippen LogP contribution in [0.1, 0.15) is 12.5 Å². The predicted octanol–water partition coefficient (Wildman–Crippen LogP) is 3.07. The molecule has 1 aromatic carbocycles. The number of fused-ring (bicyclic) bond motifs is 1. The van der Waals surface area contributed by atoms with Gasteiger partial charge in [0, 0.05) is 20.7 Å². The van der Waals surface area contributed by atoms with Crippen molar-refractivity contribution in [2.24, 2.45) is 0 Å². The molecule has 0 saturated carbocycles. The number of rotatable bonds is 2. The van der Waals surface area contributed by atoms with E-state index in [4.69, 9.17) is 0 Å². The van der Waals surface area contributed by atoms with Crippen LogP contribution in [-0.2, 0) is 6.42 Å². The SMILES string of the molecule is CNC(C)C1Cc2c(Br)cccc2S1. The highest BCUT2D eigenvalue weighted by atomic mass is 79.9. The van der Waals surface area contributed by atoms with Crippen LogP contribution in [0.5, 0.6) is 0 Å². The molecule has 0 radical (unpaired) electrons. The van der Waals surface area contributed by atoms with E-state index < -0.39 is 0 Å². The molecule has 3 heteroatoms. The normalized spacial score (nSPS) is 22.1. The summed E-state index contributed by atoms with van der Waals surface area (Å²) in [6.45, 7) is 2.25. The molecule has 1 N–H and O–H groups in total. The minimum absolute atomic E-state index is 0.569. The number of thioether (sulfide) groups is 1. The van der Waals surface area contributed by atoms with Crippen LogP contribution in [0.3, 0.4) is 0 Å². The third kappa shape index (κ3) is 1.86. The summed E-state index contributed by atoms with van der Waals surface area (Å²) >= 11 is 5.60. The van der Waals surface area contributed by atoms with Crippen molar-refractivity contribution in [1.29, 1.82) is 0 Å². The van der Waals surface area contributed by atoms with Gasteiger partial charge in [-0.05, 0) is 38.1 Å². The van der Waals surface area contributed by atoms with Crippen molar-refractivity contribution >= 4 is 27.7 Å². The number of benzene rings is 1.